The Morgan fingerprint density at radius 2 is 1.78 bits per heavy atom. The third-order valence-electron chi connectivity index (χ3n) is 13.2. The van der Waals surface area contributed by atoms with Crippen LogP contribution in [0.5, 0.6) is 0 Å². The molecule has 5 aliphatic carbocycles. The number of nitrogens with zero attached hydrogens (tertiary/aromatic N) is 3. The lowest BCUT2D eigenvalue weighted by molar-refractivity contribution is -0.162. The fourth-order valence-electron chi connectivity index (χ4n) is 10.8. The first kappa shape index (κ1) is 28.8. The molecule has 0 bridgehead atoms. The van der Waals surface area contributed by atoms with E-state index < -0.39 is 16.9 Å². The molecule has 0 saturated heterocycles. The van der Waals surface area contributed by atoms with E-state index in [1.807, 2.05) is 12.2 Å². The van der Waals surface area contributed by atoms with Crippen LogP contribution in [-0.2, 0) is 21.6 Å². The van der Waals surface area contributed by atoms with Crippen molar-refractivity contribution in [3.8, 4) is 6.07 Å². The van der Waals surface area contributed by atoms with Crippen molar-refractivity contribution in [2.45, 2.75) is 112 Å². The maximum atomic E-state index is 14.7. The maximum Gasteiger partial charge on any atom is 0.242 e. The number of carbonyl (C=O) groups excluding carboxylic acids is 1. The predicted octanol–water partition coefficient (Wildman–Crippen LogP) is 6.48. The Kier molecular flexibility index (Phi) is 6.22. The Labute approximate surface area is 244 Å². The van der Waals surface area contributed by atoms with Gasteiger partial charge in [-0.2, -0.15) is 5.26 Å². The standard InChI is InChI=1S/C34H47N3O4/c1-29(2)11-13-34(28-37-36-25(41-28)19-40-8)14-12-33(7)26(21(34)17-29)22(38)15-24-31(5)16-20(18-35)27(39)30(3,4)23(31)9-10-32(24,33)6/h15-16,21,23,26-27,39H,9-14,17,19H2,1-8H3/t21?,23-,26?,27?,31-,32+,33+,34-/m0/s1. The topological polar surface area (TPSA) is 109 Å². The molecule has 1 aromatic rings. The van der Waals surface area contributed by atoms with Gasteiger partial charge in [0.05, 0.1) is 23.2 Å². The van der Waals surface area contributed by atoms with Crippen LogP contribution < -0.4 is 0 Å². The van der Waals surface area contributed by atoms with E-state index >= 15 is 0 Å². The third kappa shape index (κ3) is 3.65. The van der Waals surface area contributed by atoms with Crippen LogP contribution in [0.2, 0.25) is 0 Å². The van der Waals surface area contributed by atoms with Gasteiger partial charge in [-0.05, 0) is 84.5 Å². The molecule has 222 valence electrons. The second kappa shape index (κ2) is 8.86. The zero-order valence-electron chi connectivity index (χ0n) is 26.1. The van der Waals surface area contributed by atoms with Gasteiger partial charge in [0.2, 0.25) is 11.8 Å². The van der Waals surface area contributed by atoms with Gasteiger partial charge < -0.3 is 14.3 Å². The zero-order chi connectivity index (χ0) is 29.8. The third-order valence-corrected chi connectivity index (χ3v) is 13.2. The van der Waals surface area contributed by atoms with Gasteiger partial charge in [0, 0.05) is 18.4 Å². The van der Waals surface area contributed by atoms with E-state index in [1.165, 1.54) is 5.57 Å². The minimum absolute atomic E-state index is 0.100. The van der Waals surface area contributed by atoms with Crippen LogP contribution >= 0.6 is 0 Å². The quantitative estimate of drug-likeness (QED) is 0.450. The molecule has 6 rings (SSSR count). The molecule has 0 amide bonds. The smallest absolute Gasteiger partial charge is 0.242 e. The van der Waals surface area contributed by atoms with Crippen molar-refractivity contribution >= 4 is 5.78 Å². The predicted molar refractivity (Wildman–Crippen MR) is 154 cm³/mol. The van der Waals surface area contributed by atoms with E-state index in [4.69, 9.17) is 9.15 Å². The largest absolute Gasteiger partial charge is 0.422 e. The van der Waals surface area contributed by atoms with Crippen LogP contribution in [0.25, 0.3) is 0 Å². The number of aliphatic hydroxyl groups is 1. The van der Waals surface area contributed by atoms with Gasteiger partial charge in [0.1, 0.15) is 6.61 Å². The summed E-state index contributed by atoms with van der Waals surface area (Å²) in [6.07, 6.45) is 9.87. The average Bonchev–Trinajstić information content (AvgIpc) is 3.37. The van der Waals surface area contributed by atoms with E-state index in [9.17, 15) is 15.2 Å². The minimum atomic E-state index is -0.796. The molecule has 7 nitrogen and oxygen atoms in total. The molecule has 41 heavy (non-hydrogen) atoms. The lowest BCUT2D eigenvalue weighted by atomic mass is 9.34. The number of methoxy groups -OCH3 is 1. The molecule has 3 unspecified atom stereocenters. The molecule has 0 spiro atoms. The van der Waals surface area contributed by atoms with Crippen LogP contribution in [0.3, 0.4) is 0 Å². The molecular formula is C34H47N3O4. The number of ether oxygens (including phenoxy) is 1. The summed E-state index contributed by atoms with van der Waals surface area (Å²) in [6.45, 7) is 16.1. The number of hydrogen-bond acceptors (Lipinski definition) is 7. The van der Waals surface area contributed by atoms with Crippen molar-refractivity contribution in [3.63, 3.8) is 0 Å². The van der Waals surface area contributed by atoms with Gasteiger partial charge >= 0.3 is 0 Å². The summed E-state index contributed by atoms with van der Waals surface area (Å²) >= 11 is 0. The first-order valence-electron chi connectivity index (χ1n) is 15.5. The molecule has 7 heteroatoms. The van der Waals surface area contributed by atoms with Crippen LogP contribution in [0.15, 0.2) is 27.7 Å². The molecule has 0 aromatic carbocycles. The highest BCUT2D eigenvalue weighted by Gasteiger charge is 2.70. The summed E-state index contributed by atoms with van der Waals surface area (Å²) in [5, 5.41) is 30.1. The molecule has 0 radical (unpaired) electrons. The van der Waals surface area contributed by atoms with Gasteiger partial charge in [-0.15, -0.1) is 10.2 Å². The van der Waals surface area contributed by atoms with Crippen molar-refractivity contribution in [3.05, 3.63) is 35.1 Å². The van der Waals surface area contributed by atoms with E-state index in [2.05, 4.69) is 64.7 Å². The summed E-state index contributed by atoms with van der Waals surface area (Å²) in [5.41, 5.74) is -0.00143. The SMILES string of the molecule is COCc1nnc([C@]23CCC(C)(C)CC2C2C(=O)C=C4[C@@]5(C)C=C(C#N)C(O)C(C)(C)[C@@H]5CC[C@@]4(C)[C@]2(C)CC3)o1. The summed E-state index contributed by atoms with van der Waals surface area (Å²) in [6, 6.07) is 2.30. The zero-order valence-corrected chi connectivity index (χ0v) is 26.1. The van der Waals surface area contributed by atoms with Crippen molar-refractivity contribution < 1.29 is 19.1 Å². The number of allylic oxidation sites excluding steroid dienone is 3. The number of fused-ring (bicyclic) bond motifs is 7. The van der Waals surface area contributed by atoms with E-state index in [0.717, 1.165) is 44.9 Å². The van der Waals surface area contributed by atoms with Gasteiger partial charge in [-0.1, -0.05) is 60.1 Å². The van der Waals surface area contributed by atoms with Gasteiger partial charge in [0.25, 0.3) is 0 Å². The van der Waals surface area contributed by atoms with E-state index in [1.54, 1.807) is 7.11 Å². The second-order valence-corrected chi connectivity index (χ2v) is 16.1. The van der Waals surface area contributed by atoms with Crippen molar-refractivity contribution in [2.75, 3.05) is 7.11 Å². The van der Waals surface area contributed by atoms with Crippen molar-refractivity contribution in [1.29, 1.82) is 5.26 Å². The highest BCUT2D eigenvalue weighted by molar-refractivity contribution is 5.95. The summed E-state index contributed by atoms with van der Waals surface area (Å²) in [5.74, 6) is 1.48. The highest BCUT2D eigenvalue weighted by Crippen LogP contribution is 2.74. The molecular weight excluding hydrogens is 514 g/mol. The van der Waals surface area contributed by atoms with Crippen LogP contribution in [0.1, 0.15) is 105 Å². The van der Waals surface area contributed by atoms with Gasteiger partial charge in [0.15, 0.2) is 5.78 Å². The first-order chi connectivity index (χ1) is 19.1. The number of aliphatic hydroxyl groups excluding tert-OH is 1. The minimum Gasteiger partial charge on any atom is -0.422 e. The van der Waals surface area contributed by atoms with E-state index in [0.29, 0.717) is 17.4 Å². The van der Waals surface area contributed by atoms with Gasteiger partial charge in [-0.3, -0.25) is 4.79 Å². The van der Waals surface area contributed by atoms with Crippen molar-refractivity contribution in [2.24, 2.45) is 44.8 Å². The number of hydrogen-bond donors (Lipinski definition) is 1. The lowest BCUT2D eigenvalue weighted by Gasteiger charge is -2.69. The number of aromatic nitrogens is 2. The Morgan fingerprint density at radius 3 is 2.46 bits per heavy atom. The Hall–Kier alpha value is -2.30. The molecule has 5 aliphatic rings. The average molecular weight is 562 g/mol. The maximum absolute atomic E-state index is 14.7. The van der Waals surface area contributed by atoms with Crippen LogP contribution in [-0.4, -0.2) is 34.3 Å². The molecule has 1 heterocycles. The molecule has 0 aliphatic heterocycles. The van der Waals surface area contributed by atoms with Crippen LogP contribution in [0.4, 0.5) is 0 Å². The number of rotatable bonds is 3. The van der Waals surface area contributed by atoms with E-state index in [-0.39, 0.29) is 51.8 Å². The van der Waals surface area contributed by atoms with Crippen molar-refractivity contribution in [1.82, 2.24) is 10.2 Å². The van der Waals surface area contributed by atoms with Crippen LogP contribution in [0, 0.1) is 56.2 Å². The van der Waals surface area contributed by atoms with Gasteiger partial charge in [-0.25, -0.2) is 0 Å². The fourth-order valence-corrected chi connectivity index (χ4v) is 10.8. The summed E-state index contributed by atoms with van der Waals surface area (Å²) in [7, 11) is 1.63. The number of nitriles is 1. The molecule has 1 aromatic heterocycles. The summed E-state index contributed by atoms with van der Waals surface area (Å²) in [4.78, 5) is 14.7. The lowest BCUT2D eigenvalue weighted by Crippen LogP contribution is -2.65. The second-order valence-electron chi connectivity index (χ2n) is 16.1. The molecule has 3 saturated carbocycles. The summed E-state index contributed by atoms with van der Waals surface area (Å²) < 4.78 is 11.6. The fraction of sp³-hybridized carbons (Fsp3) is 0.765. The Morgan fingerprint density at radius 1 is 1.07 bits per heavy atom. The Bertz CT molecular complexity index is 1380. The highest BCUT2D eigenvalue weighted by atomic mass is 16.5. The molecule has 8 atom stereocenters. The molecule has 3 fully saturated rings. The Balaban J connectivity index is 1.51. The number of ketones is 1. The monoisotopic (exact) mass is 561 g/mol. The normalized spacial score (nSPS) is 44.3. The first-order valence-corrected chi connectivity index (χ1v) is 15.5. The molecule has 1 N–H and O–H groups in total. The number of carbonyl (C=O) groups is 1.